The van der Waals surface area contributed by atoms with Gasteiger partial charge >= 0.3 is 0 Å². The molecule has 0 radical (unpaired) electrons. The Morgan fingerprint density at radius 2 is 1.76 bits per heavy atom. The molecule has 7 nitrogen and oxygen atoms in total. The predicted molar refractivity (Wildman–Crippen MR) is 93.9 cm³/mol. The summed E-state index contributed by atoms with van der Waals surface area (Å²) in [6.45, 7) is 5.16. The molecule has 0 N–H and O–H groups in total. The number of carbonyl (C=O) groups excluding carboxylic acids is 1. The van der Waals surface area contributed by atoms with Crippen LogP contribution >= 0.6 is 0 Å². The van der Waals surface area contributed by atoms with Gasteiger partial charge in [-0.2, -0.15) is 4.31 Å². The summed E-state index contributed by atoms with van der Waals surface area (Å²) in [4.78, 5) is 14.5. The summed E-state index contributed by atoms with van der Waals surface area (Å²) >= 11 is 0. The van der Waals surface area contributed by atoms with Crippen molar-refractivity contribution in [1.82, 2.24) is 9.21 Å². The highest BCUT2D eigenvalue weighted by Gasteiger charge is 2.27. The monoisotopic (exact) mass is 368 g/mol. The van der Waals surface area contributed by atoms with Crippen LogP contribution in [0, 0.1) is 0 Å². The van der Waals surface area contributed by atoms with Crippen LogP contribution in [0.15, 0.2) is 18.2 Å². The minimum atomic E-state index is -3.16. The predicted octanol–water partition coefficient (Wildman–Crippen LogP) is 0.998. The van der Waals surface area contributed by atoms with Crippen LogP contribution in [0.1, 0.15) is 23.7 Å². The fourth-order valence-corrected chi connectivity index (χ4v) is 4.56. The summed E-state index contributed by atoms with van der Waals surface area (Å²) in [5.74, 6) is 1.45. The molecule has 1 fully saturated rings. The zero-order chi connectivity index (χ0) is 17.9. The van der Waals surface area contributed by atoms with Crippen LogP contribution in [-0.4, -0.2) is 75.1 Å². The van der Waals surface area contributed by atoms with Crippen molar-refractivity contribution in [2.75, 3.05) is 51.7 Å². The number of rotatable bonds is 6. The summed E-state index contributed by atoms with van der Waals surface area (Å²) in [7, 11) is -3.16. The van der Waals surface area contributed by atoms with E-state index in [4.69, 9.17) is 9.47 Å². The number of sulfonamides is 1. The summed E-state index contributed by atoms with van der Waals surface area (Å²) in [5, 5.41) is 0. The molecular formula is C17H24N2O5S. The molecule has 0 bridgehead atoms. The van der Waals surface area contributed by atoms with Gasteiger partial charge in [-0.05, 0) is 24.6 Å². The molecule has 1 aromatic rings. The standard InChI is InChI=1S/C17H24N2O5S/c1-2-11-25(21,22)19-7-5-18(6-8-19)13-15(20)14-3-4-16-17(12-14)24-10-9-23-16/h3-4,12H,2,5-11,13H2,1H3. The van der Waals surface area contributed by atoms with Gasteiger partial charge in [0.1, 0.15) is 13.2 Å². The van der Waals surface area contributed by atoms with E-state index in [1.54, 1.807) is 18.2 Å². The van der Waals surface area contributed by atoms with E-state index >= 15 is 0 Å². The van der Waals surface area contributed by atoms with Crippen molar-refractivity contribution in [2.24, 2.45) is 0 Å². The Hall–Kier alpha value is -1.64. The average Bonchev–Trinajstić information content (AvgIpc) is 2.61. The van der Waals surface area contributed by atoms with Crippen LogP contribution in [-0.2, 0) is 10.0 Å². The first-order chi connectivity index (χ1) is 12.0. The summed E-state index contributed by atoms with van der Waals surface area (Å²) < 4.78 is 36.7. The zero-order valence-electron chi connectivity index (χ0n) is 14.4. The van der Waals surface area contributed by atoms with Crippen molar-refractivity contribution >= 4 is 15.8 Å². The van der Waals surface area contributed by atoms with Gasteiger partial charge < -0.3 is 9.47 Å². The molecule has 2 aliphatic heterocycles. The molecule has 2 heterocycles. The molecule has 0 aromatic heterocycles. The number of ketones is 1. The topological polar surface area (TPSA) is 76.2 Å². The number of carbonyl (C=O) groups is 1. The van der Waals surface area contributed by atoms with Crippen LogP contribution in [0.3, 0.4) is 0 Å². The van der Waals surface area contributed by atoms with Crippen LogP contribution < -0.4 is 9.47 Å². The highest BCUT2D eigenvalue weighted by Crippen LogP contribution is 2.30. The fraction of sp³-hybridized carbons (Fsp3) is 0.588. The molecule has 3 rings (SSSR count). The normalized spacial score (nSPS) is 18.9. The third-order valence-electron chi connectivity index (χ3n) is 4.42. The molecule has 138 valence electrons. The quantitative estimate of drug-likeness (QED) is 0.697. The SMILES string of the molecule is CCCS(=O)(=O)N1CCN(CC(=O)c2ccc3c(c2)OCCO3)CC1. The molecule has 1 saturated heterocycles. The largest absolute Gasteiger partial charge is 0.486 e. The van der Waals surface area contributed by atoms with Gasteiger partial charge in [-0.3, -0.25) is 9.69 Å². The first-order valence-electron chi connectivity index (χ1n) is 8.62. The third kappa shape index (κ3) is 4.31. The number of piperazine rings is 1. The van der Waals surface area contributed by atoms with E-state index in [0.717, 1.165) is 0 Å². The molecule has 8 heteroatoms. The minimum absolute atomic E-state index is 0.00170. The third-order valence-corrected chi connectivity index (χ3v) is 6.49. The van der Waals surface area contributed by atoms with Crippen molar-refractivity contribution in [2.45, 2.75) is 13.3 Å². The van der Waals surface area contributed by atoms with Gasteiger partial charge in [-0.1, -0.05) is 6.92 Å². The molecule has 0 saturated carbocycles. The fourth-order valence-electron chi connectivity index (χ4n) is 3.06. The first-order valence-corrected chi connectivity index (χ1v) is 10.2. The van der Waals surface area contributed by atoms with Gasteiger partial charge in [-0.15, -0.1) is 0 Å². The van der Waals surface area contributed by atoms with Crippen molar-refractivity contribution in [1.29, 1.82) is 0 Å². The van der Waals surface area contributed by atoms with Gasteiger partial charge in [0.15, 0.2) is 17.3 Å². The van der Waals surface area contributed by atoms with E-state index in [-0.39, 0.29) is 18.1 Å². The lowest BCUT2D eigenvalue weighted by molar-refractivity contribution is 0.0900. The Labute approximate surface area is 148 Å². The van der Waals surface area contributed by atoms with E-state index in [2.05, 4.69) is 0 Å². The molecule has 1 aromatic carbocycles. The number of nitrogens with zero attached hydrogens (tertiary/aromatic N) is 2. The summed E-state index contributed by atoms with van der Waals surface area (Å²) in [6.07, 6.45) is 0.616. The van der Waals surface area contributed by atoms with Crippen LogP contribution in [0.4, 0.5) is 0 Å². The van der Waals surface area contributed by atoms with Gasteiger partial charge in [0.25, 0.3) is 0 Å². The lowest BCUT2D eigenvalue weighted by atomic mass is 10.1. The van der Waals surface area contributed by atoms with Gasteiger partial charge in [0.2, 0.25) is 10.0 Å². The Kier molecular flexibility index (Phi) is 5.61. The second kappa shape index (κ2) is 7.72. The van der Waals surface area contributed by atoms with Crippen molar-refractivity contribution in [3.05, 3.63) is 23.8 Å². The molecule has 0 aliphatic carbocycles. The van der Waals surface area contributed by atoms with Gasteiger partial charge in [-0.25, -0.2) is 8.42 Å². The molecule has 0 atom stereocenters. The first kappa shape index (κ1) is 18.2. The van der Waals surface area contributed by atoms with E-state index in [0.29, 0.717) is 62.9 Å². The highest BCUT2D eigenvalue weighted by atomic mass is 32.2. The van der Waals surface area contributed by atoms with Gasteiger partial charge in [0, 0.05) is 31.7 Å². The maximum absolute atomic E-state index is 12.5. The number of hydrogen-bond acceptors (Lipinski definition) is 6. The average molecular weight is 368 g/mol. The number of benzene rings is 1. The Balaban J connectivity index is 1.56. The lowest BCUT2D eigenvalue weighted by Gasteiger charge is -2.33. The number of fused-ring (bicyclic) bond motifs is 1. The Bertz CT molecular complexity index is 727. The minimum Gasteiger partial charge on any atom is -0.486 e. The molecular weight excluding hydrogens is 344 g/mol. The van der Waals surface area contributed by atoms with Crippen LogP contribution in [0.5, 0.6) is 11.5 Å². The van der Waals surface area contributed by atoms with Crippen LogP contribution in [0.25, 0.3) is 0 Å². The molecule has 0 spiro atoms. The van der Waals surface area contributed by atoms with E-state index in [1.165, 1.54) is 4.31 Å². The number of Topliss-reactive ketones (excluding diaryl/α,β-unsaturated/α-hetero) is 1. The highest BCUT2D eigenvalue weighted by molar-refractivity contribution is 7.89. The second-order valence-corrected chi connectivity index (χ2v) is 8.36. The molecule has 25 heavy (non-hydrogen) atoms. The Morgan fingerprint density at radius 1 is 1.08 bits per heavy atom. The zero-order valence-corrected chi connectivity index (χ0v) is 15.3. The van der Waals surface area contributed by atoms with Crippen molar-refractivity contribution < 1.29 is 22.7 Å². The van der Waals surface area contributed by atoms with Gasteiger partial charge in [0.05, 0.1) is 12.3 Å². The number of hydrogen-bond donors (Lipinski definition) is 0. The Morgan fingerprint density at radius 3 is 2.44 bits per heavy atom. The molecule has 0 unspecified atom stereocenters. The van der Waals surface area contributed by atoms with E-state index in [1.807, 2.05) is 11.8 Å². The summed E-state index contributed by atoms with van der Waals surface area (Å²) in [5.41, 5.74) is 0.588. The molecule has 0 amide bonds. The lowest BCUT2D eigenvalue weighted by Crippen LogP contribution is -2.50. The smallest absolute Gasteiger partial charge is 0.214 e. The van der Waals surface area contributed by atoms with E-state index < -0.39 is 10.0 Å². The summed E-state index contributed by atoms with van der Waals surface area (Å²) in [6, 6.07) is 5.23. The van der Waals surface area contributed by atoms with Crippen molar-refractivity contribution in [3.63, 3.8) is 0 Å². The van der Waals surface area contributed by atoms with Crippen molar-refractivity contribution in [3.8, 4) is 11.5 Å². The maximum Gasteiger partial charge on any atom is 0.214 e. The number of ether oxygens (including phenoxy) is 2. The molecule has 2 aliphatic rings. The second-order valence-electron chi connectivity index (χ2n) is 6.27. The van der Waals surface area contributed by atoms with E-state index in [9.17, 15) is 13.2 Å². The maximum atomic E-state index is 12.5. The van der Waals surface area contributed by atoms with Crippen LogP contribution in [0.2, 0.25) is 0 Å².